The molecule has 4 rings (SSSR count). The maximum absolute atomic E-state index is 4.85. The molecule has 0 saturated heterocycles. The Kier molecular flexibility index (Phi) is 2.04. The first-order valence-corrected chi connectivity index (χ1v) is 6.67. The first kappa shape index (κ1) is 10.7. The van der Waals surface area contributed by atoms with Crippen molar-refractivity contribution in [1.29, 1.82) is 0 Å². The molecule has 0 aliphatic carbocycles. The summed E-state index contributed by atoms with van der Waals surface area (Å²) >= 11 is 0. The molecule has 1 aromatic carbocycles. The SMILES string of the molecule is CC(C)N1C=CCn2c1nc1c3ccccc3[nH]c12. The molecular weight excluding hydrogens is 236 g/mol. The zero-order chi connectivity index (χ0) is 13.0. The average Bonchev–Trinajstić information content (AvgIpc) is 2.94. The predicted octanol–water partition coefficient (Wildman–Crippen LogP) is 3.26. The van der Waals surface area contributed by atoms with Crippen LogP contribution in [0.4, 0.5) is 5.95 Å². The topological polar surface area (TPSA) is 36.9 Å². The van der Waals surface area contributed by atoms with Crippen molar-refractivity contribution in [3.63, 3.8) is 0 Å². The number of aromatic nitrogens is 3. The Balaban J connectivity index is 2.04. The number of nitrogens with one attached hydrogen (secondary N) is 1. The number of rotatable bonds is 1. The minimum atomic E-state index is 0.410. The molecule has 1 N–H and O–H groups in total. The van der Waals surface area contributed by atoms with Crippen LogP contribution >= 0.6 is 0 Å². The maximum Gasteiger partial charge on any atom is 0.212 e. The lowest BCUT2D eigenvalue weighted by atomic mass is 10.2. The molecule has 0 fully saturated rings. The fourth-order valence-corrected chi connectivity index (χ4v) is 2.79. The fraction of sp³-hybridized carbons (Fsp3) is 0.267. The lowest BCUT2D eigenvalue weighted by Gasteiger charge is -2.27. The number of hydrogen-bond donors (Lipinski definition) is 1. The Hall–Kier alpha value is -2.23. The van der Waals surface area contributed by atoms with Crippen molar-refractivity contribution in [3.05, 3.63) is 36.5 Å². The van der Waals surface area contributed by atoms with E-state index in [0.29, 0.717) is 6.04 Å². The maximum atomic E-state index is 4.85. The van der Waals surface area contributed by atoms with E-state index in [4.69, 9.17) is 4.98 Å². The molecule has 3 aromatic rings. The highest BCUT2D eigenvalue weighted by atomic mass is 15.3. The van der Waals surface area contributed by atoms with Gasteiger partial charge in [-0.2, -0.15) is 0 Å². The number of aromatic amines is 1. The molecule has 2 aromatic heterocycles. The van der Waals surface area contributed by atoms with Crippen LogP contribution in [0.2, 0.25) is 0 Å². The summed E-state index contributed by atoms with van der Waals surface area (Å²) in [6.07, 6.45) is 4.31. The van der Waals surface area contributed by atoms with E-state index in [0.717, 1.165) is 29.2 Å². The Morgan fingerprint density at radius 2 is 2.11 bits per heavy atom. The van der Waals surface area contributed by atoms with Gasteiger partial charge in [-0.3, -0.25) is 4.57 Å². The van der Waals surface area contributed by atoms with Crippen molar-refractivity contribution >= 4 is 28.0 Å². The summed E-state index contributed by atoms with van der Waals surface area (Å²) in [4.78, 5) is 10.6. The van der Waals surface area contributed by atoms with E-state index in [9.17, 15) is 0 Å². The summed E-state index contributed by atoms with van der Waals surface area (Å²) in [6, 6.07) is 8.75. The Labute approximate surface area is 111 Å². The van der Waals surface area contributed by atoms with Gasteiger partial charge in [0.25, 0.3) is 0 Å². The monoisotopic (exact) mass is 252 g/mol. The molecule has 4 nitrogen and oxygen atoms in total. The lowest BCUT2D eigenvalue weighted by Crippen LogP contribution is -2.30. The van der Waals surface area contributed by atoms with Gasteiger partial charge in [-0.1, -0.05) is 18.2 Å². The highest BCUT2D eigenvalue weighted by Gasteiger charge is 2.22. The number of fused-ring (bicyclic) bond motifs is 5. The molecule has 0 bridgehead atoms. The van der Waals surface area contributed by atoms with Gasteiger partial charge in [-0.25, -0.2) is 4.98 Å². The second kappa shape index (κ2) is 3.63. The minimum Gasteiger partial charge on any atom is -0.339 e. The van der Waals surface area contributed by atoms with Gasteiger partial charge in [0.2, 0.25) is 5.95 Å². The summed E-state index contributed by atoms with van der Waals surface area (Å²) in [5.74, 6) is 1.03. The van der Waals surface area contributed by atoms with E-state index >= 15 is 0 Å². The number of anilines is 1. The van der Waals surface area contributed by atoms with Gasteiger partial charge in [0, 0.05) is 29.7 Å². The Bertz CT molecular complexity index is 791. The van der Waals surface area contributed by atoms with Crippen molar-refractivity contribution in [2.24, 2.45) is 0 Å². The van der Waals surface area contributed by atoms with Gasteiger partial charge in [0.1, 0.15) is 11.2 Å². The van der Waals surface area contributed by atoms with E-state index in [2.05, 4.69) is 64.8 Å². The van der Waals surface area contributed by atoms with Crippen LogP contribution in [0.5, 0.6) is 0 Å². The van der Waals surface area contributed by atoms with Crippen molar-refractivity contribution in [2.45, 2.75) is 26.4 Å². The fourth-order valence-electron chi connectivity index (χ4n) is 2.79. The highest BCUT2D eigenvalue weighted by molar-refractivity contribution is 6.04. The summed E-state index contributed by atoms with van der Waals surface area (Å²) < 4.78 is 2.25. The smallest absolute Gasteiger partial charge is 0.212 e. The summed E-state index contributed by atoms with van der Waals surface area (Å²) in [5.41, 5.74) is 3.34. The number of H-pyrrole nitrogens is 1. The number of hydrogen-bond acceptors (Lipinski definition) is 2. The molecular formula is C15H16N4. The molecule has 0 amide bonds. The number of benzene rings is 1. The van der Waals surface area contributed by atoms with Gasteiger partial charge in [0.15, 0.2) is 0 Å². The average molecular weight is 252 g/mol. The number of para-hydroxylation sites is 1. The highest BCUT2D eigenvalue weighted by Crippen LogP contribution is 2.31. The standard InChI is InChI=1S/C15H16N4/c1-10(2)18-8-5-9-19-14-13(17-15(18)19)11-6-3-4-7-12(11)16-14/h3-8,10,16H,9H2,1-2H3. The molecule has 96 valence electrons. The van der Waals surface area contributed by atoms with Crippen molar-refractivity contribution in [2.75, 3.05) is 4.90 Å². The molecule has 19 heavy (non-hydrogen) atoms. The molecule has 0 saturated carbocycles. The number of imidazole rings is 1. The predicted molar refractivity (Wildman–Crippen MR) is 78.3 cm³/mol. The second-order valence-electron chi connectivity index (χ2n) is 5.28. The van der Waals surface area contributed by atoms with Crippen LogP contribution in [-0.2, 0) is 6.54 Å². The first-order valence-electron chi connectivity index (χ1n) is 6.67. The zero-order valence-electron chi connectivity index (χ0n) is 11.1. The number of allylic oxidation sites excluding steroid dienone is 1. The molecule has 1 aliphatic heterocycles. The van der Waals surface area contributed by atoms with E-state index in [1.807, 2.05) is 0 Å². The zero-order valence-corrected chi connectivity index (χ0v) is 11.1. The quantitative estimate of drug-likeness (QED) is 0.721. The Morgan fingerprint density at radius 1 is 1.26 bits per heavy atom. The summed E-state index contributed by atoms with van der Waals surface area (Å²) in [6.45, 7) is 5.24. The van der Waals surface area contributed by atoms with Crippen LogP contribution in [-0.4, -0.2) is 20.6 Å². The normalized spacial score (nSPS) is 14.8. The lowest BCUT2D eigenvalue weighted by molar-refractivity contribution is 0.694. The van der Waals surface area contributed by atoms with Gasteiger partial charge in [-0.15, -0.1) is 0 Å². The summed E-state index contributed by atoms with van der Waals surface area (Å²) in [5, 5.41) is 1.20. The van der Waals surface area contributed by atoms with Gasteiger partial charge < -0.3 is 9.88 Å². The molecule has 4 heteroatoms. The third kappa shape index (κ3) is 1.37. The van der Waals surface area contributed by atoms with Gasteiger partial charge in [0.05, 0.1) is 0 Å². The molecule has 3 heterocycles. The van der Waals surface area contributed by atoms with Crippen LogP contribution in [0.3, 0.4) is 0 Å². The van der Waals surface area contributed by atoms with Gasteiger partial charge >= 0.3 is 0 Å². The minimum absolute atomic E-state index is 0.410. The molecule has 0 radical (unpaired) electrons. The molecule has 1 aliphatic rings. The van der Waals surface area contributed by atoms with Crippen molar-refractivity contribution in [1.82, 2.24) is 14.5 Å². The number of nitrogens with zero attached hydrogens (tertiary/aromatic N) is 3. The van der Waals surface area contributed by atoms with E-state index in [1.54, 1.807) is 0 Å². The largest absolute Gasteiger partial charge is 0.339 e. The third-order valence-corrected chi connectivity index (χ3v) is 3.72. The van der Waals surface area contributed by atoms with E-state index in [1.165, 1.54) is 5.39 Å². The third-order valence-electron chi connectivity index (χ3n) is 3.72. The van der Waals surface area contributed by atoms with Crippen LogP contribution in [0.15, 0.2) is 36.5 Å². The van der Waals surface area contributed by atoms with Crippen molar-refractivity contribution < 1.29 is 0 Å². The molecule has 0 unspecified atom stereocenters. The van der Waals surface area contributed by atoms with E-state index in [-0.39, 0.29) is 0 Å². The van der Waals surface area contributed by atoms with Crippen LogP contribution in [0, 0.1) is 0 Å². The molecule has 0 atom stereocenters. The second-order valence-corrected chi connectivity index (χ2v) is 5.28. The van der Waals surface area contributed by atoms with Gasteiger partial charge in [-0.05, 0) is 26.0 Å². The van der Waals surface area contributed by atoms with Crippen LogP contribution in [0.1, 0.15) is 13.8 Å². The van der Waals surface area contributed by atoms with Crippen molar-refractivity contribution in [3.8, 4) is 0 Å². The Morgan fingerprint density at radius 3 is 2.95 bits per heavy atom. The van der Waals surface area contributed by atoms with Crippen LogP contribution in [0.25, 0.3) is 22.1 Å². The first-order chi connectivity index (χ1) is 9.25. The van der Waals surface area contributed by atoms with E-state index < -0.39 is 0 Å². The van der Waals surface area contributed by atoms with Crippen LogP contribution < -0.4 is 4.90 Å². The summed E-state index contributed by atoms with van der Waals surface area (Å²) in [7, 11) is 0. The molecule has 0 spiro atoms.